The Kier molecular flexibility index (Phi) is 5.19. The maximum atomic E-state index is 4.83. The Morgan fingerprint density at radius 1 is 1.44 bits per heavy atom. The molecule has 1 fully saturated rings. The molecular formula is C15H26N2S. The van der Waals surface area contributed by atoms with Gasteiger partial charge in [0.15, 0.2) is 0 Å². The number of hydrogen-bond acceptors (Lipinski definition) is 3. The predicted octanol–water partition coefficient (Wildman–Crippen LogP) is 4.32. The molecule has 2 atom stereocenters. The summed E-state index contributed by atoms with van der Waals surface area (Å²) in [6.07, 6.45) is 6.87. The Bertz CT molecular complexity index is 359. The number of rotatable bonds is 5. The molecule has 1 heterocycles. The van der Waals surface area contributed by atoms with Crippen molar-refractivity contribution in [3.8, 4) is 0 Å². The van der Waals surface area contributed by atoms with Crippen molar-refractivity contribution in [1.29, 1.82) is 0 Å². The minimum Gasteiger partial charge on any atom is -0.309 e. The lowest BCUT2D eigenvalue weighted by atomic mass is 9.80. The molecule has 0 spiro atoms. The van der Waals surface area contributed by atoms with Crippen molar-refractivity contribution < 1.29 is 0 Å². The standard InChI is InChI=1S/C15H26N2S/c1-4-12-6-5-7-13(8-12)15-17-14(10-18-15)9-16-11(2)3/h10-13,16H,4-9H2,1-3H3. The fourth-order valence-electron chi connectivity index (χ4n) is 2.79. The van der Waals surface area contributed by atoms with Crippen molar-refractivity contribution in [2.75, 3.05) is 0 Å². The van der Waals surface area contributed by atoms with Crippen LogP contribution < -0.4 is 5.32 Å². The molecule has 1 saturated carbocycles. The summed E-state index contributed by atoms with van der Waals surface area (Å²) >= 11 is 1.87. The normalized spacial score (nSPS) is 24.7. The van der Waals surface area contributed by atoms with Gasteiger partial charge in [-0.05, 0) is 18.8 Å². The lowest BCUT2D eigenvalue weighted by Crippen LogP contribution is -2.22. The quantitative estimate of drug-likeness (QED) is 0.858. The summed E-state index contributed by atoms with van der Waals surface area (Å²) < 4.78 is 0. The molecule has 0 saturated heterocycles. The van der Waals surface area contributed by atoms with E-state index in [1.54, 1.807) is 0 Å². The number of thiazole rings is 1. The Labute approximate surface area is 115 Å². The summed E-state index contributed by atoms with van der Waals surface area (Å²) in [4.78, 5) is 4.83. The second-order valence-electron chi connectivity index (χ2n) is 5.85. The van der Waals surface area contributed by atoms with Crippen molar-refractivity contribution in [3.05, 3.63) is 16.1 Å². The van der Waals surface area contributed by atoms with Crippen LogP contribution in [-0.2, 0) is 6.54 Å². The fraction of sp³-hybridized carbons (Fsp3) is 0.800. The average molecular weight is 266 g/mol. The molecule has 0 bridgehead atoms. The molecule has 18 heavy (non-hydrogen) atoms. The van der Waals surface area contributed by atoms with Gasteiger partial charge in [-0.1, -0.05) is 40.0 Å². The largest absolute Gasteiger partial charge is 0.309 e. The highest BCUT2D eigenvalue weighted by molar-refractivity contribution is 7.09. The van der Waals surface area contributed by atoms with Gasteiger partial charge in [0.2, 0.25) is 0 Å². The molecule has 3 heteroatoms. The van der Waals surface area contributed by atoms with Crippen LogP contribution in [0.5, 0.6) is 0 Å². The van der Waals surface area contributed by atoms with Gasteiger partial charge in [0.1, 0.15) is 0 Å². The van der Waals surface area contributed by atoms with E-state index in [0.29, 0.717) is 6.04 Å². The molecule has 0 aromatic carbocycles. The van der Waals surface area contributed by atoms with Gasteiger partial charge in [-0.25, -0.2) is 4.98 Å². The summed E-state index contributed by atoms with van der Waals surface area (Å²) in [6, 6.07) is 0.536. The molecule has 2 rings (SSSR count). The van der Waals surface area contributed by atoms with E-state index in [0.717, 1.165) is 18.4 Å². The van der Waals surface area contributed by atoms with Gasteiger partial charge in [-0.3, -0.25) is 0 Å². The first-order chi connectivity index (χ1) is 8.69. The van der Waals surface area contributed by atoms with Gasteiger partial charge in [0.25, 0.3) is 0 Å². The Morgan fingerprint density at radius 2 is 2.28 bits per heavy atom. The molecule has 0 aliphatic heterocycles. The van der Waals surface area contributed by atoms with Crippen LogP contribution >= 0.6 is 11.3 Å². The van der Waals surface area contributed by atoms with E-state index in [1.165, 1.54) is 42.8 Å². The maximum absolute atomic E-state index is 4.83. The van der Waals surface area contributed by atoms with E-state index in [4.69, 9.17) is 4.98 Å². The van der Waals surface area contributed by atoms with Crippen LogP contribution in [0.1, 0.15) is 69.5 Å². The van der Waals surface area contributed by atoms with Crippen LogP contribution in [0.2, 0.25) is 0 Å². The van der Waals surface area contributed by atoms with Gasteiger partial charge in [-0.2, -0.15) is 0 Å². The zero-order valence-electron chi connectivity index (χ0n) is 11.9. The van der Waals surface area contributed by atoms with Crippen molar-refractivity contribution >= 4 is 11.3 Å². The van der Waals surface area contributed by atoms with E-state index >= 15 is 0 Å². The average Bonchev–Trinajstić information content (AvgIpc) is 2.85. The van der Waals surface area contributed by atoms with Gasteiger partial charge in [0.05, 0.1) is 10.7 Å². The lowest BCUT2D eigenvalue weighted by molar-refractivity contribution is 0.314. The predicted molar refractivity (Wildman–Crippen MR) is 79.1 cm³/mol. The fourth-order valence-corrected chi connectivity index (χ4v) is 3.76. The summed E-state index contributed by atoms with van der Waals surface area (Å²) in [5, 5.41) is 7.06. The van der Waals surface area contributed by atoms with E-state index < -0.39 is 0 Å². The second kappa shape index (κ2) is 6.67. The number of nitrogens with zero attached hydrogens (tertiary/aromatic N) is 1. The molecular weight excluding hydrogens is 240 g/mol. The monoisotopic (exact) mass is 266 g/mol. The van der Waals surface area contributed by atoms with Gasteiger partial charge in [0, 0.05) is 23.9 Å². The van der Waals surface area contributed by atoms with E-state index in [-0.39, 0.29) is 0 Å². The summed E-state index contributed by atoms with van der Waals surface area (Å²) in [5.41, 5.74) is 1.22. The number of hydrogen-bond donors (Lipinski definition) is 1. The topological polar surface area (TPSA) is 24.9 Å². The van der Waals surface area contributed by atoms with Crippen molar-refractivity contribution in [2.24, 2.45) is 5.92 Å². The van der Waals surface area contributed by atoms with Crippen LogP contribution in [0.4, 0.5) is 0 Å². The highest BCUT2D eigenvalue weighted by Gasteiger charge is 2.24. The molecule has 1 aromatic rings. The van der Waals surface area contributed by atoms with E-state index in [1.807, 2.05) is 11.3 Å². The van der Waals surface area contributed by atoms with Gasteiger partial charge >= 0.3 is 0 Å². The van der Waals surface area contributed by atoms with Gasteiger partial charge < -0.3 is 5.32 Å². The molecule has 2 unspecified atom stereocenters. The van der Waals surface area contributed by atoms with Gasteiger partial charge in [-0.15, -0.1) is 11.3 Å². The maximum Gasteiger partial charge on any atom is 0.0959 e. The molecule has 2 nitrogen and oxygen atoms in total. The van der Waals surface area contributed by atoms with Crippen LogP contribution in [-0.4, -0.2) is 11.0 Å². The lowest BCUT2D eigenvalue weighted by Gasteiger charge is -2.26. The zero-order chi connectivity index (χ0) is 13.0. The third-order valence-electron chi connectivity index (χ3n) is 3.97. The molecule has 102 valence electrons. The molecule has 0 amide bonds. The Morgan fingerprint density at radius 3 is 3.00 bits per heavy atom. The van der Waals surface area contributed by atoms with E-state index in [9.17, 15) is 0 Å². The molecule has 1 aliphatic rings. The zero-order valence-corrected chi connectivity index (χ0v) is 12.7. The van der Waals surface area contributed by atoms with Crippen LogP contribution in [0, 0.1) is 5.92 Å². The van der Waals surface area contributed by atoms with E-state index in [2.05, 4.69) is 31.5 Å². The van der Waals surface area contributed by atoms with Crippen molar-refractivity contribution in [2.45, 2.75) is 71.4 Å². The summed E-state index contributed by atoms with van der Waals surface area (Å²) in [5.74, 6) is 1.67. The minimum absolute atomic E-state index is 0.536. The first kappa shape index (κ1) is 14.0. The first-order valence-corrected chi connectivity index (χ1v) is 8.24. The molecule has 1 aliphatic carbocycles. The Balaban J connectivity index is 1.92. The SMILES string of the molecule is CCC1CCCC(c2nc(CNC(C)C)cs2)C1. The number of nitrogens with one attached hydrogen (secondary N) is 1. The number of aromatic nitrogens is 1. The molecule has 0 radical (unpaired) electrons. The minimum atomic E-state index is 0.536. The molecule has 1 aromatic heterocycles. The van der Waals surface area contributed by atoms with Crippen LogP contribution in [0.3, 0.4) is 0 Å². The van der Waals surface area contributed by atoms with Crippen molar-refractivity contribution in [1.82, 2.24) is 10.3 Å². The van der Waals surface area contributed by atoms with Crippen LogP contribution in [0.25, 0.3) is 0 Å². The smallest absolute Gasteiger partial charge is 0.0959 e. The second-order valence-corrected chi connectivity index (χ2v) is 6.74. The third kappa shape index (κ3) is 3.79. The van der Waals surface area contributed by atoms with Crippen molar-refractivity contribution in [3.63, 3.8) is 0 Å². The summed E-state index contributed by atoms with van der Waals surface area (Å²) in [7, 11) is 0. The third-order valence-corrected chi connectivity index (χ3v) is 5.03. The summed E-state index contributed by atoms with van der Waals surface area (Å²) in [6.45, 7) is 7.60. The highest BCUT2D eigenvalue weighted by atomic mass is 32.1. The first-order valence-electron chi connectivity index (χ1n) is 7.36. The van der Waals surface area contributed by atoms with Crippen LogP contribution in [0.15, 0.2) is 5.38 Å². The Hall–Kier alpha value is -0.410. The highest BCUT2D eigenvalue weighted by Crippen LogP contribution is 2.38. The molecule has 1 N–H and O–H groups in total.